The molecule has 1 aliphatic rings. The number of hydrogen-bond donors (Lipinski definition) is 3. The van der Waals surface area contributed by atoms with Crippen molar-refractivity contribution in [1.82, 2.24) is 15.1 Å². The Hall–Kier alpha value is -2.67. The van der Waals surface area contributed by atoms with Gasteiger partial charge in [-0.1, -0.05) is 12.1 Å². The first-order chi connectivity index (χ1) is 11.6. The highest BCUT2D eigenvalue weighted by atomic mass is 16.2. The van der Waals surface area contributed by atoms with Gasteiger partial charge < -0.3 is 16.4 Å². The van der Waals surface area contributed by atoms with Gasteiger partial charge in [-0.3, -0.25) is 14.3 Å². The smallest absolute Gasteiger partial charge is 0.276 e. The summed E-state index contributed by atoms with van der Waals surface area (Å²) in [6.45, 7) is 1.92. The summed E-state index contributed by atoms with van der Waals surface area (Å²) in [7, 11) is 0. The van der Waals surface area contributed by atoms with E-state index >= 15 is 0 Å². The number of nitrogens with zero attached hydrogens (tertiary/aromatic N) is 2. The molecule has 1 saturated heterocycles. The minimum atomic E-state index is -0.380. The molecule has 1 aliphatic heterocycles. The van der Waals surface area contributed by atoms with E-state index in [0.29, 0.717) is 17.4 Å². The van der Waals surface area contributed by atoms with Crippen LogP contribution in [0.2, 0.25) is 0 Å². The van der Waals surface area contributed by atoms with Crippen LogP contribution >= 0.6 is 0 Å². The number of rotatable bonds is 5. The van der Waals surface area contributed by atoms with E-state index in [-0.39, 0.29) is 18.2 Å². The lowest BCUT2D eigenvalue weighted by atomic mass is 10.1. The van der Waals surface area contributed by atoms with Crippen molar-refractivity contribution in [3.8, 4) is 0 Å². The Morgan fingerprint density at radius 2 is 2.08 bits per heavy atom. The van der Waals surface area contributed by atoms with Crippen LogP contribution in [0, 0.1) is 0 Å². The van der Waals surface area contributed by atoms with Crippen molar-refractivity contribution >= 4 is 17.5 Å². The molecule has 7 heteroatoms. The molecule has 3 rings (SSSR count). The van der Waals surface area contributed by atoms with Crippen molar-refractivity contribution in [1.29, 1.82) is 0 Å². The van der Waals surface area contributed by atoms with Gasteiger partial charge in [0.05, 0.1) is 12.5 Å². The molecule has 2 aromatic rings. The quantitative estimate of drug-likeness (QED) is 0.765. The van der Waals surface area contributed by atoms with Gasteiger partial charge in [0.1, 0.15) is 0 Å². The molecule has 1 unspecified atom stereocenters. The van der Waals surface area contributed by atoms with Gasteiger partial charge in [0.25, 0.3) is 5.91 Å². The number of hydrogen-bond acceptors (Lipinski definition) is 4. The summed E-state index contributed by atoms with van der Waals surface area (Å²) in [6.07, 6.45) is 4.22. The zero-order valence-corrected chi connectivity index (χ0v) is 13.4. The Labute approximate surface area is 140 Å². The zero-order chi connectivity index (χ0) is 16.9. The molecular weight excluding hydrogens is 306 g/mol. The molecule has 1 atom stereocenters. The molecular formula is C17H21N5O2. The first-order valence-corrected chi connectivity index (χ1v) is 8.06. The topological polar surface area (TPSA) is 102 Å². The summed E-state index contributed by atoms with van der Waals surface area (Å²) < 4.78 is 1.86. The molecule has 126 valence electrons. The predicted octanol–water partition coefficient (Wildman–Crippen LogP) is 1.09. The lowest BCUT2D eigenvalue weighted by Gasteiger charge is -2.22. The van der Waals surface area contributed by atoms with Crippen LogP contribution in [0.3, 0.4) is 0 Å². The van der Waals surface area contributed by atoms with E-state index in [4.69, 9.17) is 5.73 Å². The van der Waals surface area contributed by atoms with Crippen molar-refractivity contribution in [3.05, 3.63) is 47.8 Å². The second-order valence-corrected chi connectivity index (χ2v) is 5.98. The molecule has 0 bridgehead atoms. The van der Waals surface area contributed by atoms with Crippen LogP contribution < -0.4 is 16.4 Å². The fourth-order valence-corrected chi connectivity index (χ4v) is 2.82. The standard InChI is InChI=1S/C17H21N5O2/c18-16(23)10-12-3-5-13(6-4-12)20-17(24)15-7-9-22(21-15)14-2-1-8-19-11-14/h3-7,9,14,19H,1-2,8,10-11H2,(H2,18,23)(H,20,24). The third-order valence-electron chi connectivity index (χ3n) is 4.08. The van der Waals surface area contributed by atoms with Gasteiger partial charge in [-0.05, 0) is 43.1 Å². The van der Waals surface area contributed by atoms with Crippen LogP contribution in [-0.4, -0.2) is 34.7 Å². The van der Waals surface area contributed by atoms with Crippen LogP contribution in [0.1, 0.15) is 34.9 Å². The Morgan fingerprint density at radius 1 is 1.29 bits per heavy atom. The van der Waals surface area contributed by atoms with Crippen molar-refractivity contribution in [2.24, 2.45) is 5.73 Å². The summed E-state index contributed by atoms with van der Waals surface area (Å²) in [5.41, 5.74) is 7.02. The van der Waals surface area contributed by atoms with Gasteiger partial charge in [-0.25, -0.2) is 0 Å². The number of anilines is 1. The number of amides is 2. The van der Waals surface area contributed by atoms with Gasteiger partial charge in [0.2, 0.25) is 5.91 Å². The number of carbonyl (C=O) groups is 2. The predicted molar refractivity (Wildman–Crippen MR) is 90.7 cm³/mol. The molecule has 0 radical (unpaired) electrons. The maximum atomic E-state index is 12.3. The molecule has 1 fully saturated rings. The van der Waals surface area contributed by atoms with E-state index in [1.54, 1.807) is 30.3 Å². The zero-order valence-electron chi connectivity index (χ0n) is 13.4. The molecule has 1 aromatic heterocycles. The highest BCUT2D eigenvalue weighted by molar-refractivity contribution is 6.02. The molecule has 2 amide bonds. The highest BCUT2D eigenvalue weighted by Gasteiger charge is 2.17. The largest absolute Gasteiger partial charge is 0.369 e. The van der Waals surface area contributed by atoms with Crippen LogP contribution in [0.5, 0.6) is 0 Å². The Morgan fingerprint density at radius 3 is 2.75 bits per heavy atom. The average molecular weight is 327 g/mol. The van der Waals surface area contributed by atoms with Crippen molar-refractivity contribution in [2.75, 3.05) is 18.4 Å². The van der Waals surface area contributed by atoms with Crippen LogP contribution in [-0.2, 0) is 11.2 Å². The number of carbonyl (C=O) groups excluding carboxylic acids is 2. The molecule has 0 saturated carbocycles. The maximum absolute atomic E-state index is 12.3. The van der Waals surface area contributed by atoms with Crippen LogP contribution in [0.25, 0.3) is 0 Å². The Bertz CT molecular complexity index is 717. The summed E-state index contributed by atoms with van der Waals surface area (Å²) >= 11 is 0. The number of nitrogens with two attached hydrogens (primary N) is 1. The lowest BCUT2D eigenvalue weighted by Crippen LogP contribution is -2.32. The third-order valence-corrected chi connectivity index (χ3v) is 4.08. The minimum Gasteiger partial charge on any atom is -0.369 e. The molecule has 24 heavy (non-hydrogen) atoms. The van der Waals surface area contributed by atoms with Crippen LogP contribution in [0.15, 0.2) is 36.5 Å². The molecule has 1 aromatic carbocycles. The third kappa shape index (κ3) is 3.99. The summed E-state index contributed by atoms with van der Waals surface area (Å²) in [4.78, 5) is 23.2. The molecule has 0 spiro atoms. The number of benzene rings is 1. The number of nitrogens with one attached hydrogen (secondary N) is 2. The van der Waals surface area contributed by atoms with E-state index in [1.807, 2.05) is 10.9 Å². The highest BCUT2D eigenvalue weighted by Crippen LogP contribution is 2.16. The van der Waals surface area contributed by atoms with Gasteiger partial charge >= 0.3 is 0 Å². The second kappa shape index (κ2) is 7.27. The molecule has 2 heterocycles. The summed E-state index contributed by atoms with van der Waals surface area (Å²) in [6, 6.07) is 9.06. The van der Waals surface area contributed by atoms with E-state index in [0.717, 1.165) is 31.5 Å². The first kappa shape index (κ1) is 16.2. The van der Waals surface area contributed by atoms with Gasteiger partial charge in [0, 0.05) is 18.4 Å². The molecule has 7 nitrogen and oxygen atoms in total. The molecule has 4 N–H and O–H groups in total. The Balaban J connectivity index is 1.62. The van der Waals surface area contributed by atoms with Crippen molar-refractivity contribution in [2.45, 2.75) is 25.3 Å². The number of primary amides is 1. The van der Waals surface area contributed by atoms with E-state index in [2.05, 4.69) is 15.7 Å². The lowest BCUT2D eigenvalue weighted by molar-refractivity contribution is -0.117. The molecule has 0 aliphatic carbocycles. The normalized spacial score (nSPS) is 17.4. The minimum absolute atomic E-state index is 0.189. The van der Waals surface area contributed by atoms with Gasteiger partial charge in [0.15, 0.2) is 5.69 Å². The maximum Gasteiger partial charge on any atom is 0.276 e. The summed E-state index contributed by atoms with van der Waals surface area (Å²) in [5.74, 6) is -0.630. The fraction of sp³-hybridized carbons (Fsp3) is 0.353. The Kier molecular flexibility index (Phi) is 4.90. The average Bonchev–Trinajstić information content (AvgIpc) is 3.07. The van der Waals surface area contributed by atoms with Crippen LogP contribution in [0.4, 0.5) is 5.69 Å². The SMILES string of the molecule is NC(=O)Cc1ccc(NC(=O)c2ccn(C3CCCNC3)n2)cc1. The van der Waals surface area contributed by atoms with Gasteiger partial charge in [-0.15, -0.1) is 0 Å². The fourth-order valence-electron chi connectivity index (χ4n) is 2.82. The monoisotopic (exact) mass is 327 g/mol. The summed E-state index contributed by atoms with van der Waals surface area (Å²) in [5, 5.41) is 10.5. The van der Waals surface area contributed by atoms with Crippen molar-refractivity contribution < 1.29 is 9.59 Å². The van der Waals surface area contributed by atoms with E-state index < -0.39 is 0 Å². The first-order valence-electron chi connectivity index (χ1n) is 8.06. The van der Waals surface area contributed by atoms with E-state index in [9.17, 15) is 9.59 Å². The van der Waals surface area contributed by atoms with Crippen molar-refractivity contribution in [3.63, 3.8) is 0 Å². The number of aromatic nitrogens is 2. The van der Waals surface area contributed by atoms with Gasteiger partial charge in [-0.2, -0.15) is 5.10 Å². The number of piperidine rings is 1. The van der Waals surface area contributed by atoms with E-state index in [1.165, 1.54) is 0 Å². The second-order valence-electron chi connectivity index (χ2n) is 5.98.